The summed E-state index contributed by atoms with van der Waals surface area (Å²) < 4.78 is 29.4. The summed E-state index contributed by atoms with van der Waals surface area (Å²) in [5.74, 6) is -0.182. The highest BCUT2D eigenvalue weighted by Gasteiger charge is 2.32. The Balaban J connectivity index is 0.00000380. The molecule has 0 spiro atoms. The molecular formula is C27H37ClN4O3S2. The third-order valence-corrected chi connectivity index (χ3v) is 9.81. The third-order valence-electron chi connectivity index (χ3n) is 6.82. The van der Waals surface area contributed by atoms with Crippen LogP contribution in [-0.2, 0) is 10.0 Å². The number of aryl methyl sites for hydroxylation is 2. The van der Waals surface area contributed by atoms with E-state index in [9.17, 15) is 13.2 Å². The normalized spacial score (nSPS) is 16.6. The molecule has 3 aromatic rings. The summed E-state index contributed by atoms with van der Waals surface area (Å²) in [6.45, 7) is 7.84. The monoisotopic (exact) mass is 564 g/mol. The maximum atomic E-state index is 13.7. The van der Waals surface area contributed by atoms with Crippen molar-refractivity contribution in [2.24, 2.45) is 0 Å². The van der Waals surface area contributed by atoms with E-state index in [2.05, 4.69) is 19.1 Å². The molecule has 2 heterocycles. The van der Waals surface area contributed by atoms with Gasteiger partial charge in [0.25, 0.3) is 5.91 Å². The van der Waals surface area contributed by atoms with Gasteiger partial charge in [0.15, 0.2) is 5.13 Å². The number of anilines is 1. The Kier molecular flexibility index (Phi) is 9.74. The van der Waals surface area contributed by atoms with Gasteiger partial charge in [-0.15, -0.1) is 12.4 Å². The van der Waals surface area contributed by atoms with Gasteiger partial charge in [0.05, 0.1) is 15.1 Å². The van der Waals surface area contributed by atoms with E-state index in [1.807, 2.05) is 32.8 Å². The van der Waals surface area contributed by atoms with Crippen LogP contribution >= 0.6 is 23.7 Å². The first-order chi connectivity index (χ1) is 17.1. The van der Waals surface area contributed by atoms with Gasteiger partial charge in [-0.2, -0.15) is 4.31 Å². The Morgan fingerprint density at radius 3 is 2.46 bits per heavy atom. The average molecular weight is 565 g/mol. The Labute approximate surface area is 230 Å². The number of piperidine rings is 1. The van der Waals surface area contributed by atoms with Gasteiger partial charge in [0.2, 0.25) is 10.0 Å². The summed E-state index contributed by atoms with van der Waals surface area (Å²) in [5, 5.41) is 0.654. The Bertz CT molecular complexity index is 1340. The first-order valence-corrected chi connectivity index (χ1v) is 14.8. The van der Waals surface area contributed by atoms with Crippen LogP contribution in [0.1, 0.15) is 54.1 Å². The molecule has 1 fully saturated rings. The number of carbonyl (C=O) groups excluding carboxylic acids is 1. The Morgan fingerprint density at radius 1 is 1.11 bits per heavy atom. The number of carbonyl (C=O) groups is 1. The lowest BCUT2D eigenvalue weighted by Gasteiger charge is -2.34. The largest absolute Gasteiger partial charge is 0.308 e. The van der Waals surface area contributed by atoms with Crippen LogP contribution in [0.3, 0.4) is 0 Å². The number of hydrogen-bond acceptors (Lipinski definition) is 6. The molecule has 0 saturated carbocycles. The molecule has 0 aliphatic carbocycles. The second kappa shape index (κ2) is 12.2. The number of sulfonamides is 1. The number of likely N-dealkylation sites (N-methyl/N-ethyl adjacent to an activating group) is 1. The van der Waals surface area contributed by atoms with Gasteiger partial charge in [-0.25, -0.2) is 13.4 Å². The van der Waals surface area contributed by atoms with Crippen molar-refractivity contribution in [2.75, 3.05) is 38.6 Å². The molecule has 1 aliphatic rings. The van der Waals surface area contributed by atoms with Gasteiger partial charge in [-0.3, -0.25) is 9.69 Å². The maximum absolute atomic E-state index is 13.7. The lowest BCUT2D eigenvalue weighted by molar-refractivity contribution is 0.0985. The molecule has 0 N–H and O–H groups in total. The molecule has 1 atom stereocenters. The van der Waals surface area contributed by atoms with E-state index in [4.69, 9.17) is 4.98 Å². The molecule has 7 nitrogen and oxygen atoms in total. The minimum Gasteiger partial charge on any atom is -0.308 e. The molecular weight excluding hydrogens is 528 g/mol. The number of benzene rings is 2. The molecule has 202 valence electrons. The summed E-state index contributed by atoms with van der Waals surface area (Å²) >= 11 is 1.51. The number of fused-ring (bicyclic) bond motifs is 1. The molecule has 2 aromatic carbocycles. The second-order valence-electron chi connectivity index (χ2n) is 9.88. The number of thiazole rings is 1. The van der Waals surface area contributed by atoms with Crippen molar-refractivity contribution in [3.63, 3.8) is 0 Å². The van der Waals surface area contributed by atoms with Crippen LogP contribution in [0.2, 0.25) is 0 Å². The number of nitrogens with zero attached hydrogens (tertiary/aromatic N) is 4. The molecule has 1 saturated heterocycles. The van der Waals surface area contributed by atoms with Gasteiger partial charge < -0.3 is 4.90 Å². The standard InChI is InChI=1S/C27H36N4O3S2.ClH/c1-6-22-9-7-8-14-31(22)36(33,34)23-12-10-21(11-13-23)26(32)30(16-15-29(4)5)27-28-25-20(3)17-19(2)18-24(25)35-27;/h10-13,17-18,22H,6-9,14-16H2,1-5H3;1H. The lowest BCUT2D eigenvalue weighted by Crippen LogP contribution is -2.43. The Morgan fingerprint density at radius 2 is 1.81 bits per heavy atom. The van der Waals surface area contributed by atoms with E-state index in [0.717, 1.165) is 47.0 Å². The van der Waals surface area contributed by atoms with Crippen molar-refractivity contribution < 1.29 is 13.2 Å². The van der Waals surface area contributed by atoms with Gasteiger partial charge in [-0.05, 0) is 88.7 Å². The molecule has 1 aliphatic heterocycles. The second-order valence-corrected chi connectivity index (χ2v) is 12.8. The van der Waals surface area contributed by atoms with Crippen LogP contribution in [0.4, 0.5) is 5.13 Å². The molecule has 37 heavy (non-hydrogen) atoms. The Hall–Kier alpha value is -2.04. The molecule has 1 amide bonds. The molecule has 0 radical (unpaired) electrons. The van der Waals surface area contributed by atoms with Crippen molar-refractivity contribution in [1.29, 1.82) is 0 Å². The minimum absolute atomic E-state index is 0. The fourth-order valence-corrected chi connectivity index (χ4v) is 7.75. The fourth-order valence-electron chi connectivity index (χ4n) is 4.82. The topological polar surface area (TPSA) is 73.8 Å². The van der Waals surface area contributed by atoms with Gasteiger partial charge in [-0.1, -0.05) is 30.7 Å². The average Bonchev–Trinajstić information content (AvgIpc) is 3.28. The predicted octanol–water partition coefficient (Wildman–Crippen LogP) is 5.50. The quantitative estimate of drug-likeness (QED) is 0.361. The highest BCUT2D eigenvalue weighted by Crippen LogP contribution is 2.33. The summed E-state index contributed by atoms with van der Waals surface area (Å²) in [4.78, 5) is 22.5. The summed E-state index contributed by atoms with van der Waals surface area (Å²) in [7, 11) is 0.347. The van der Waals surface area contributed by atoms with E-state index >= 15 is 0 Å². The number of hydrogen-bond donors (Lipinski definition) is 0. The minimum atomic E-state index is -3.59. The van der Waals surface area contributed by atoms with Gasteiger partial charge in [0, 0.05) is 31.2 Å². The summed E-state index contributed by atoms with van der Waals surface area (Å²) in [6, 6.07) is 10.6. The molecule has 1 aromatic heterocycles. The predicted molar refractivity (Wildman–Crippen MR) is 155 cm³/mol. The van der Waals surface area contributed by atoms with Crippen LogP contribution in [0.15, 0.2) is 41.3 Å². The SMILES string of the molecule is CCC1CCCCN1S(=O)(=O)c1ccc(C(=O)N(CCN(C)C)c2nc3c(C)cc(C)cc3s2)cc1.Cl. The van der Waals surface area contributed by atoms with E-state index in [0.29, 0.717) is 30.3 Å². The van der Waals surface area contributed by atoms with Gasteiger partial charge >= 0.3 is 0 Å². The fraction of sp³-hybridized carbons (Fsp3) is 0.481. The van der Waals surface area contributed by atoms with Crippen molar-refractivity contribution in [1.82, 2.24) is 14.2 Å². The molecule has 0 bridgehead atoms. The van der Waals surface area contributed by atoms with E-state index in [1.54, 1.807) is 33.5 Å². The van der Waals surface area contributed by atoms with Gasteiger partial charge in [0.1, 0.15) is 0 Å². The number of amides is 1. The highest BCUT2D eigenvalue weighted by atomic mass is 35.5. The number of rotatable bonds is 8. The first kappa shape index (κ1) is 29.5. The van der Waals surface area contributed by atoms with Crippen LogP contribution < -0.4 is 4.90 Å². The lowest BCUT2D eigenvalue weighted by atomic mass is 10.0. The summed E-state index contributed by atoms with van der Waals surface area (Å²) in [5.41, 5.74) is 3.62. The highest BCUT2D eigenvalue weighted by molar-refractivity contribution is 7.89. The van der Waals surface area contributed by atoms with Crippen LogP contribution in [0.5, 0.6) is 0 Å². The zero-order valence-electron chi connectivity index (χ0n) is 22.2. The molecule has 4 rings (SSSR count). The van der Waals surface area contributed by atoms with Crippen molar-refractivity contribution in [3.05, 3.63) is 53.1 Å². The van der Waals surface area contributed by atoms with E-state index in [1.165, 1.54) is 11.3 Å². The zero-order chi connectivity index (χ0) is 26.0. The molecule has 1 unspecified atom stereocenters. The molecule has 10 heteroatoms. The van der Waals surface area contributed by atoms with Crippen molar-refractivity contribution >= 4 is 55.0 Å². The number of aromatic nitrogens is 1. The smallest absolute Gasteiger partial charge is 0.260 e. The zero-order valence-corrected chi connectivity index (χ0v) is 24.7. The van der Waals surface area contributed by atoms with Crippen LogP contribution in [-0.4, -0.2) is 68.3 Å². The van der Waals surface area contributed by atoms with Crippen molar-refractivity contribution in [2.45, 2.75) is 57.4 Å². The van der Waals surface area contributed by atoms with Crippen LogP contribution in [0, 0.1) is 13.8 Å². The van der Waals surface area contributed by atoms with E-state index < -0.39 is 10.0 Å². The summed E-state index contributed by atoms with van der Waals surface area (Å²) in [6.07, 6.45) is 3.64. The van der Waals surface area contributed by atoms with Crippen molar-refractivity contribution in [3.8, 4) is 0 Å². The van der Waals surface area contributed by atoms with E-state index in [-0.39, 0.29) is 29.3 Å². The van der Waals surface area contributed by atoms with Crippen LogP contribution in [0.25, 0.3) is 10.2 Å². The maximum Gasteiger partial charge on any atom is 0.260 e. The first-order valence-electron chi connectivity index (χ1n) is 12.6. The number of halogens is 1. The third kappa shape index (κ3) is 6.34.